The number of hydrogen-bond acceptors (Lipinski definition) is 7. The van der Waals surface area contributed by atoms with E-state index >= 15 is 0 Å². The number of amides is 2. The Morgan fingerprint density at radius 3 is 2.54 bits per heavy atom. The zero-order chi connectivity index (χ0) is 28.3. The first-order chi connectivity index (χ1) is 18.3. The topological polar surface area (TPSA) is 167 Å². The van der Waals surface area contributed by atoms with Gasteiger partial charge in [-0.15, -0.1) is 0 Å². The van der Waals surface area contributed by atoms with Crippen LogP contribution in [-0.2, 0) is 10.2 Å². The Bertz CT molecular complexity index is 1560. The molecule has 0 spiro atoms. The molecule has 4 N–H and O–H groups in total. The maximum absolute atomic E-state index is 13.0. The van der Waals surface area contributed by atoms with Crippen LogP contribution in [0.2, 0.25) is 0 Å². The summed E-state index contributed by atoms with van der Waals surface area (Å²) in [6.45, 7) is 8.82. The molecule has 5 rings (SSSR count). The van der Waals surface area contributed by atoms with Crippen LogP contribution in [0, 0.1) is 22.7 Å². The van der Waals surface area contributed by atoms with Crippen molar-refractivity contribution in [2.45, 2.75) is 52.0 Å². The average molecular weight is 530 g/mol. The zero-order valence-electron chi connectivity index (χ0n) is 22.4. The van der Waals surface area contributed by atoms with E-state index in [4.69, 9.17) is 5.73 Å². The number of rotatable bonds is 6. The summed E-state index contributed by atoms with van der Waals surface area (Å²) >= 11 is 0. The molecule has 1 saturated heterocycles. The molecule has 2 fully saturated rings. The number of carbonyl (C=O) groups excluding carboxylic acids is 2. The van der Waals surface area contributed by atoms with Crippen LogP contribution < -0.4 is 11.1 Å². The summed E-state index contributed by atoms with van der Waals surface area (Å²) in [6.07, 6.45) is 4.40. The van der Waals surface area contributed by atoms with Crippen LogP contribution in [0.1, 0.15) is 67.1 Å². The fourth-order valence-electron chi connectivity index (χ4n) is 5.23. The summed E-state index contributed by atoms with van der Waals surface area (Å²) in [6, 6.07) is 7.08. The summed E-state index contributed by atoms with van der Waals surface area (Å²) in [5, 5.41) is 26.8. The largest absolute Gasteiger partial charge is 0.477 e. The number of nitrogens with one attached hydrogen (secondary N) is 1. The van der Waals surface area contributed by atoms with E-state index in [2.05, 4.69) is 21.5 Å². The second-order valence-electron chi connectivity index (χ2n) is 11.6. The Balaban J connectivity index is 1.54. The predicted molar refractivity (Wildman–Crippen MR) is 143 cm³/mol. The van der Waals surface area contributed by atoms with Gasteiger partial charge < -0.3 is 21.1 Å². The molecule has 2 aliphatic rings. The van der Waals surface area contributed by atoms with Gasteiger partial charge in [0.15, 0.2) is 0 Å². The van der Waals surface area contributed by atoms with Crippen LogP contribution in [0.5, 0.6) is 0 Å². The molecule has 0 unspecified atom stereocenters. The maximum atomic E-state index is 13.0. The molecule has 1 saturated carbocycles. The Hall–Kier alpha value is -4.46. The van der Waals surface area contributed by atoms with Crippen molar-refractivity contribution in [2.24, 2.45) is 17.1 Å². The van der Waals surface area contributed by atoms with Gasteiger partial charge in [-0.2, -0.15) is 10.4 Å². The molecule has 4 heterocycles. The molecule has 202 valence electrons. The quantitative estimate of drug-likeness (QED) is 0.438. The highest BCUT2D eigenvalue weighted by atomic mass is 16.4. The van der Waals surface area contributed by atoms with Crippen LogP contribution in [0.25, 0.3) is 16.6 Å². The third-order valence-corrected chi connectivity index (χ3v) is 7.64. The fraction of sp³-hybridized carbons (Fsp3) is 0.429. The second kappa shape index (κ2) is 9.08. The van der Waals surface area contributed by atoms with E-state index in [0.29, 0.717) is 42.8 Å². The Kier molecular flexibility index (Phi) is 6.09. The molecule has 1 aliphatic heterocycles. The highest BCUT2D eigenvalue weighted by Gasteiger charge is 2.54. The first-order valence-corrected chi connectivity index (χ1v) is 12.9. The Morgan fingerprint density at radius 1 is 1.23 bits per heavy atom. The molecule has 0 aromatic carbocycles. The number of fused-ring (bicyclic) bond motifs is 1. The zero-order valence-corrected chi connectivity index (χ0v) is 22.4. The highest BCUT2D eigenvalue weighted by Crippen LogP contribution is 2.47. The summed E-state index contributed by atoms with van der Waals surface area (Å²) < 4.78 is 1.64. The molecule has 11 heteroatoms. The number of pyridine rings is 1. The van der Waals surface area contributed by atoms with E-state index < -0.39 is 22.7 Å². The molecule has 3 aromatic rings. The number of anilines is 1. The fourth-order valence-corrected chi connectivity index (χ4v) is 5.23. The van der Waals surface area contributed by atoms with Crippen molar-refractivity contribution in [3.63, 3.8) is 0 Å². The number of primary amides is 1. The Labute approximate surface area is 225 Å². The Morgan fingerprint density at radius 2 is 1.95 bits per heavy atom. The number of nitriles is 1. The number of aromatic nitrogens is 3. The molecule has 39 heavy (non-hydrogen) atoms. The van der Waals surface area contributed by atoms with E-state index in [9.17, 15) is 24.8 Å². The minimum absolute atomic E-state index is 0.0392. The van der Waals surface area contributed by atoms with E-state index in [1.54, 1.807) is 21.7 Å². The van der Waals surface area contributed by atoms with Crippen LogP contribution in [-0.4, -0.2) is 61.5 Å². The number of nitrogens with zero attached hydrogens (tertiary/aromatic N) is 5. The van der Waals surface area contributed by atoms with Crippen molar-refractivity contribution >= 4 is 29.0 Å². The lowest BCUT2D eigenvalue weighted by Crippen LogP contribution is -2.36. The van der Waals surface area contributed by atoms with E-state index in [-0.39, 0.29) is 29.1 Å². The van der Waals surface area contributed by atoms with Crippen LogP contribution in [0.4, 0.5) is 5.69 Å². The lowest BCUT2D eigenvalue weighted by molar-refractivity contribution is -0.134. The number of aromatic carboxylic acids is 1. The summed E-state index contributed by atoms with van der Waals surface area (Å²) in [5.74, 6) is -1.81. The van der Waals surface area contributed by atoms with Gasteiger partial charge in [0.05, 0.1) is 34.7 Å². The monoisotopic (exact) mass is 529 g/mol. The highest BCUT2D eigenvalue weighted by molar-refractivity contribution is 6.02. The van der Waals surface area contributed by atoms with Crippen molar-refractivity contribution < 1.29 is 19.5 Å². The van der Waals surface area contributed by atoms with Gasteiger partial charge in [-0.25, -0.2) is 14.3 Å². The van der Waals surface area contributed by atoms with Gasteiger partial charge in [0.2, 0.25) is 5.91 Å². The molecule has 2 atom stereocenters. The van der Waals surface area contributed by atoms with Crippen molar-refractivity contribution in [1.29, 1.82) is 5.26 Å². The van der Waals surface area contributed by atoms with Gasteiger partial charge in [-0.05, 0) is 30.9 Å². The third-order valence-electron chi connectivity index (χ3n) is 7.64. The number of carboxylic acid groups (broad SMARTS) is 1. The van der Waals surface area contributed by atoms with E-state index in [1.807, 2.05) is 33.8 Å². The molecule has 2 amide bonds. The number of likely N-dealkylation sites (tertiary alicyclic amines) is 1. The molecule has 11 nitrogen and oxygen atoms in total. The molecular formula is C28H31N7O4. The van der Waals surface area contributed by atoms with E-state index in [1.165, 1.54) is 12.3 Å². The van der Waals surface area contributed by atoms with E-state index in [0.717, 1.165) is 11.1 Å². The normalized spacial score (nSPS) is 20.0. The standard InChI is InChI=1S/C28H31N7O4/c1-15-11-34(26(39)28(14-29)7-8-28)13-20(15)32-22-18(24(30)36)10-31-35-12-16(9-21(22)35)17-5-6-19(25(37)38)33-23(17)27(2,3)4/h5-6,9-10,12,15,20,32H,7-8,11,13H2,1-4H3,(H2,30,36)(H,37,38)/t15-,20-/m1/s1. The summed E-state index contributed by atoms with van der Waals surface area (Å²) in [7, 11) is 0. The lowest BCUT2D eigenvalue weighted by Gasteiger charge is -2.21. The number of hydrogen-bond donors (Lipinski definition) is 3. The molecule has 3 aromatic heterocycles. The summed E-state index contributed by atoms with van der Waals surface area (Å²) in [4.78, 5) is 43.1. The minimum atomic E-state index is -1.10. The SMILES string of the molecule is C[C@@H]1CN(C(=O)C2(C#N)CC2)C[C@H]1Nc1c(C(N)=O)cnn2cc(-c3ccc(C(=O)O)nc3C(C)(C)C)cc12. The van der Waals surface area contributed by atoms with Crippen molar-refractivity contribution in [3.8, 4) is 17.2 Å². The summed E-state index contributed by atoms with van der Waals surface area (Å²) in [5.41, 5.74) is 7.80. The number of nitrogens with two attached hydrogens (primary N) is 1. The third kappa shape index (κ3) is 4.56. The maximum Gasteiger partial charge on any atom is 0.354 e. The molecular weight excluding hydrogens is 498 g/mol. The first kappa shape index (κ1) is 26.2. The van der Waals surface area contributed by atoms with Gasteiger partial charge in [-0.3, -0.25) is 9.59 Å². The second-order valence-corrected chi connectivity index (χ2v) is 11.6. The molecule has 0 bridgehead atoms. The first-order valence-electron chi connectivity index (χ1n) is 12.9. The van der Waals surface area contributed by atoms with Crippen LogP contribution >= 0.6 is 0 Å². The van der Waals surface area contributed by atoms with Gasteiger partial charge in [0.25, 0.3) is 5.91 Å². The predicted octanol–water partition coefficient (Wildman–Crippen LogP) is 3.05. The smallest absolute Gasteiger partial charge is 0.354 e. The van der Waals surface area contributed by atoms with Crippen molar-refractivity contribution in [1.82, 2.24) is 19.5 Å². The molecule has 1 aliphatic carbocycles. The lowest BCUT2D eigenvalue weighted by atomic mass is 9.86. The van der Waals surface area contributed by atoms with Crippen LogP contribution in [0.15, 0.2) is 30.6 Å². The van der Waals surface area contributed by atoms with Gasteiger partial charge >= 0.3 is 5.97 Å². The van der Waals surface area contributed by atoms with Gasteiger partial charge in [0, 0.05) is 41.9 Å². The van der Waals surface area contributed by atoms with Gasteiger partial charge in [-0.1, -0.05) is 33.8 Å². The minimum Gasteiger partial charge on any atom is -0.477 e. The van der Waals surface area contributed by atoms with Gasteiger partial charge in [0.1, 0.15) is 11.1 Å². The average Bonchev–Trinajstić information content (AvgIpc) is 3.42. The van der Waals surface area contributed by atoms with Crippen molar-refractivity contribution in [2.75, 3.05) is 18.4 Å². The number of carbonyl (C=O) groups is 3. The van der Waals surface area contributed by atoms with Crippen molar-refractivity contribution in [3.05, 3.63) is 47.5 Å². The molecule has 0 radical (unpaired) electrons. The van der Waals surface area contributed by atoms with Crippen LogP contribution in [0.3, 0.4) is 0 Å². The number of carboxylic acids is 1.